The minimum absolute atomic E-state index is 0.251. The first kappa shape index (κ1) is 17.0. The van der Waals surface area contributed by atoms with Crippen molar-refractivity contribution >= 4 is 27.5 Å². The number of aliphatic imine (C=N–C) groups is 1. The summed E-state index contributed by atoms with van der Waals surface area (Å²) in [4.78, 5) is 5.52. The van der Waals surface area contributed by atoms with Crippen LogP contribution in [0, 0.1) is 0 Å². The summed E-state index contributed by atoms with van der Waals surface area (Å²) in [5.41, 5.74) is 1.64. The highest BCUT2D eigenvalue weighted by Crippen LogP contribution is 2.31. The second kappa shape index (κ2) is 6.69. The molecular weight excluding hydrogens is 342 g/mol. The lowest BCUT2D eigenvalue weighted by Gasteiger charge is -2.13. The van der Waals surface area contributed by atoms with Crippen molar-refractivity contribution in [2.24, 2.45) is 4.99 Å². The van der Waals surface area contributed by atoms with Crippen molar-refractivity contribution < 1.29 is 8.95 Å². The number of hydrogen-bond acceptors (Lipinski definition) is 3. The van der Waals surface area contributed by atoms with Crippen LogP contribution in [-0.4, -0.2) is 22.3 Å². The van der Waals surface area contributed by atoms with E-state index >= 15 is 0 Å². The van der Waals surface area contributed by atoms with Gasteiger partial charge in [0.25, 0.3) is 0 Å². The molecule has 0 spiro atoms. The van der Waals surface area contributed by atoms with Crippen molar-refractivity contribution in [1.29, 1.82) is 0 Å². The van der Waals surface area contributed by atoms with Crippen LogP contribution in [0.15, 0.2) is 76.6 Å². The number of rotatable bonds is 4. The molecule has 132 valence electrons. The van der Waals surface area contributed by atoms with Crippen LogP contribution < -0.4 is 0 Å². The molecule has 0 aliphatic carbocycles. The summed E-state index contributed by atoms with van der Waals surface area (Å²) in [6.07, 6.45) is 0. The van der Waals surface area contributed by atoms with Crippen LogP contribution >= 0.6 is 0 Å². The van der Waals surface area contributed by atoms with Gasteiger partial charge in [-0.05, 0) is 36.2 Å². The van der Waals surface area contributed by atoms with E-state index in [1.54, 1.807) is 0 Å². The van der Waals surface area contributed by atoms with Crippen molar-refractivity contribution in [2.45, 2.75) is 30.0 Å². The Hall–Kier alpha value is -2.46. The third-order valence-electron chi connectivity index (χ3n) is 4.44. The predicted octanol–water partition coefficient (Wildman–Crippen LogP) is 4.70. The first-order valence-corrected chi connectivity index (χ1v) is 10.0. The molecule has 1 unspecified atom stereocenters. The van der Waals surface area contributed by atoms with E-state index in [0.717, 1.165) is 26.8 Å². The number of benzene rings is 3. The summed E-state index contributed by atoms with van der Waals surface area (Å²) in [5, 5.41) is 2.07. The van der Waals surface area contributed by atoms with Crippen LogP contribution in [0.3, 0.4) is 0 Å². The molecule has 0 fully saturated rings. The van der Waals surface area contributed by atoms with Gasteiger partial charge in [-0.3, -0.25) is 4.21 Å². The summed E-state index contributed by atoms with van der Waals surface area (Å²) in [5.74, 6) is 1.07. The second-order valence-corrected chi connectivity index (χ2v) is 8.54. The van der Waals surface area contributed by atoms with Gasteiger partial charge in [0.2, 0.25) is 5.90 Å². The van der Waals surface area contributed by atoms with Gasteiger partial charge in [-0.1, -0.05) is 60.7 Å². The Labute approximate surface area is 156 Å². The van der Waals surface area contributed by atoms with Gasteiger partial charge in [-0.2, -0.15) is 0 Å². The Morgan fingerprint density at radius 3 is 2.46 bits per heavy atom. The van der Waals surface area contributed by atoms with E-state index in [2.05, 4.69) is 0 Å². The van der Waals surface area contributed by atoms with Crippen molar-refractivity contribution in [3.8, 4) is 0 Å². The Morgan fingerprint density at radius 1 is 1.00 bits per heavy atom. The van der Waals surface area contributed by atoms with E-state index in [-0.39, 0.29) is 5.54 Å². The summed E-state index contributed by atoms with van der Waals surface area (Å²) in [7, 11) is -1.20. The standard InChI is InChI=1S/C22H21NO2S/c1-22(2)15-25-21(23-22)19-13-12-17-10-6-7-11-18(17)20(19)26(24)14-16-8-4-3-5-9-16/h3-13H,14-15H2,1-2H3. The highest BCUT2D eigenvalue weighted by Gasteiger charge is 2.29. The number of fused-ring (bicyclic) bond motifs is 1. The van der Waals surface area contributed by atoms with Crippen LogP contribution in [0.25, 0.3) is 10.8 Å². The summed E-state index contributed by atoms with van der Waals surface area (Å²) in [6.45, 7) is 4.63. The van der Waals surface area contributed by atoms with Gasteiger partial charge in [0, 0.05) is 0 Å². The average Bonchev–Trinajstić information content (AvgIpc) is 3.01. The Bertz CT molecular complexity index is 1010. The van der Waals surface area contributed by atoms with E-state index < -0.39 is 10.8 Å². The van der Waals surface area contributed by atoms with Crippen LogP contribution in [0.5, 0.6) is 0 Å². The molecule has 1 atom stereocenters. The molecule has 0 radical (unpaired) electrons. The normalized spacial score (nSPS) is 16.9. The molecule has 0 N–H and O–H groups in total. The lowest BCUT2D eigenvalue weighted by Crippen LogP contribution is -2.17. The van der Waals surface area contributed by atoms with Gasteiger partial charge in [0.15, 0.2) is 0 Å². The molecule has 0 saturated heterocycles. The van der Waals surface area contributed by atoms with Gasteiger partial charge >= 0.3 is 0 Å². The van der Waals surface area contributed by atoms with E-state index in [9.17, 15) is 4.21 Å². The van der Waals surface area contributed by atoms with Crippen molar-refractivity contribution in [2.75, 3.05) is 6.61 Å². The SMILES string of the molecule is CC1(C)COC(c2ccc3ccccc3c2S(=O)Cc2ccccc2)=N1. The summed E-state index contributed by atoms with van der Waals surface area (Å²) >= 11 is 0. The maximum absolute atomic E-state index is 13.4. The molecule has 4 rings (SSSR count). The highest BCUT2D eigenvalue weighted by molar-refractivity contribution is 7.84. The van der Waals surface area contributed by atoms with E-state index in [0.29, 0.717) is 18.3 Å². The molecule has 1 heterocycles. The van der Waals surface area contributed by atoms with Gasteiger partial charge in [0.1, 0.15) is 6.61 Å². The van der Waals surface area contributed by atoms with Crippen LogP contribution in [0.4, 0.5) is 0 Å². The minimum Gasteiger partial charge on any atom is -0.475 e. The summed E-state index contributed by atoms with van der Waals surface area (Å²) < 4.78 is 19.2. The average molecular weight is 363 g/mol. The first-order valence-electron chi connectivity index (χ1n) is 8.71. The van der Waals surface area contributed by atoms with E-state index in [1.807, 2.05) is 80.6 Å². The topological polar surface area (TPSA) is 38.7 Å². The fraction of sp³-hybridized carbons (Fsp3) is 0.227. The molecule has 3 aromatic rings. The number of ether oxygens (including phenoxy) is 1. The van der Waals surface area contributed by atoms with E-state index in [1.165, 1.54) is 0 Å². The third kappa shape index (κ3) is 3.29. The minimum atomic E-state index is -1.20. The summed E-state index contributed by atoms with van der Waals surface area (Å²) in [6, 6.07) is 22.0. The van der Waals surface area contributed by atoms with E-state index in [4.69, 9.17) is 9.73 Å². The zero-order chi connectivity index (χ0) is 18.1. The van der Waals surface area contributed by atoms with Gasteiger partial charge in [0.05, 0.1) is 32.6 Å². The highest BCUT2D eigenvalue weighted by atomic mass is 32.2. The zero-order valence-corrected chi connectivity index (χ0v) is 15.8. The Balaban J connectivity index is 1.85. The van der Waals surface area contributed by atoms with Crippen molar-refractivity contribution in [3.63, 3.8) is 0 Å². The van der Waals surface area contributed by atoms with Gasteiger partial charge in [-0.25, -0.2) is 4.99 Å². The molecular formula is C22H21NO2S. The molecule has 1 aliphatic heterocycles. The van der Waals surface area contributed by atoms with Crippen molar-refractivity contribution in [3.05, 3.63) is 77.9 Å². The van der Waals surface area contributed by atoms with Crippen molar-refractivity contribution in [1.82, 2.24) is 0 Å². The molecule has 0 amide bonds. The smallest absolute Gasteiger partial charge is 0.218 e. The maximum atomic E-state index is 13.4. The second-order valence-electron chi connectivity index (χ2n) is 7.16. The molecule has 3 nitrogen and oxygen atoms in total. The van der Waals surface area contributed by atoms with Crippen LogP contribution in [0.1, 0.15) is 25.0 Å². The number of nitrogens with zero attached hydrogens (tertiary/aromatic N) is 1. The molecule has 0 bridgehead atoms. The Kier molecular flexibility index (Phi) is 4.37. The fourth-order valence-electron chi connectivity index (χ4n) is 3.18. The quantitative estimate of drug-likeness (QED) is 0.674. The van der Waals surface area contributed by atoms with Gasteiger partial charge in [-0.15, -0.1) is 0 Å². The molecule has 0 aromatic heterocycles. The monoisotopic (exact) mass is 363 g/mol. The molecule has 26 heavy (non-hydrogen) atoms. The zero-order valence-electron chi connectivity index (χ0n) is 14.9. The molecule has 1 aliphatic rings. The van der Waals surface area contributed by atoms with Crippen LogP contribution in [-0.2, 0) is 21.3 Å². The lowest BCUT2D eigenvalue weighted by atomic mass is 10.1. The fourth-order valence-corrected chi connectivity index (χ4v) is 4.65. The predicted molar refractivity (Wildman–Crippen MR) is 107 cm³/mol. The van der Waals surface area contributed by atoms with Gasteiger partial charge < -0.3 is 4.74 Å². The third-order valence-corrected chi connectivity index (χ3v) is 5.94. The Morgan fingerprint density at radius 2 is 1.73 bits per heavy atom. The van der Waals surface area contributed by atoms with Crippen LogP contribution in [0.2, 0.25) is 0 Å². The maximum Gasteiger partial charge on any atom is 0.218 e. The molecule has 0 saturated carbocycles. The molecule has 3 aromatic carbocycles. The number of hydrogen-bond donors (Lipinski definition) is 0. The lowest BCUT2D eigenvalue weighted by molar-refractivity contribution is 0.279. The molecule has 4 heteroatoms. The first-order chi connectivity index (χ1) is 12.5. The largest absolute Gasteiger partial charge is 0.475 e.